The van der Waals surface area contributed by atoms with Gasteiger partial charge in [0.15, 0.2) is 5.96 Å². The van der Waals surface area contributed by atoms with E-state index in [1.54, 1.807) is 18.3 Å². The van der Waals surface area contributed by atoms with Gasteiger partial charge in [-0.15, -0.1) is 0 Å². The van der Waals surface area contributed by atoms with Crippen molar-refractivity contribution >= 4 is 40.8 Å². The highest BCUT2D eigenvalue weighted by atomic mass is 35.5. The van der Waals surface area contributed by atoms with Gasteiger partial charge in [-0.3, -0.25) is 9.79 Å². The van der Waals surface area contributed by atoms with Crippen LogP contribution < -0.4 is 16.0 Å². The lowest BCUT2D eigenvalue weighted by Gasteiger charge is -2.11. The summed E-state index contributed by atoms with van der Waals surface area (Å²) in [5.41, 5.74) is 2.74. The fraction of sp³-hybridized carbons (Fsp3) is 0.350. The summed E-state index contributed by atoms with van der Waals surface area (Å²) in [6, 6.07) is 9.24. The second-order valence-corrected chi connectivity index (χ2v) is 7.00. The molecule has 1 aromatic heterocycles. The van der Waals surface area contributed by atoms with E-state index in [9.17, 15) is 4.79 Å². The minimum atomic E-state index is -0.127. The molecule has 3 N–H and O–H groups in total. The predicted octanol–water partition coefficient (Wildman–Crippen LogP) is 3.82. The number of amides is 1. The molecule has 2 rings (SSSR count). The summed E-state index contributed by atoms with van der Waals surface area (Å²) < 4.78 is 0. The summed E-state index contributed by atoms with van der Waals surface area (Å²) in [6.07, 6.45) is 2.82. The largest absolute Gasteiger partial charge is 0.357 e. The number of nitrogens with zero attached hydrogens (tertiary/aromatic N) is 2. The molecule has 1 amide bonds. The van der Waals surface area contributed by atoms with Crippen LogP contribution in [0.15, 0.2) is 41.5 Å². The van der Waals surface area contributed by atoms with Crippen LogP contribution in [0.25, 0.3) is 0 Å². The molecule has 0 spiro atoms. The maximum absolute atomic E-state index is 12.1. The lowest BCUT2D eigenvalue weighted by molar-refractivity contribution is -0.116. The topological polar surface area (TPSA) is 78.4 Å². The molecule has 6 nitrogen and oxygen atoms in total. The Labute approximate surface area is 175 Å². The van der Waals surface area contributed by atoms with Crippen molar-refractivity contribution in [1.82, 2.24) is 15.6 Å². The Hall–Kier alpha value is -2.31. The van der Waals surface area contributed by atoms with Crippen molar-refractivity contribution < 1.29 is 4.79 Å². The number of halogens is 2. The highest BCUT2D eigenvalue weighted by molar-refractivity contribution is 6.33. The second-order valence-electron chi connectivity index (χ2n) is 6.21. The number of aliphatic imine (C=N–C) groups is 1. The monoisotopic (exact) mass is 421 g/mol. The molecule has 0 saturated carbocycles. The average Bonchev–Trinajstić information content (AvgIpc) is 2.65. The number of carbonyl (C=O) groups excluding carboxylic acids is 1. The number of aryl methyl sites for hydroxylation is 1. The van der Waals surface area contributed by atoms with Crippen LogP contribution in [0.3, 0.4) is 0 Å². The molecule has 0 fully saturated rings. The third kappa shape index (κ3) is 7.74. The Bertz CT molecular complexity index is 809. The number of aromatic nitrogens is 1. The molecule has 8 heteroatoms. The van der Waals surface area contributed by atoms with E-state index in [1.807, 2.05) is 32.0 Å². The van der Waals surface area contributed by atoms with Gasteiger partial charge in [0.05, 0.1) is 17.3 Å². The van der Waals surface area contributed by atoms with Crippen LogP contribution >= 0.6 is 23.2 Å². The van der Waals surface area contributed by atoms with Gasteiger partial charge < -0.3 is 16.0 Å². The molecule has 150 valence electrons. The molecule has 0 aliphatic rings. The van der Waals surface area contributed by atoms with Gasteiger partial charge in [-0.25, -0.2) is 4.98 Å². The number of benzene rings is 1. The first-order valence-corrected chi connectivity index (χ1v) is 9.92. The van der Waals surface area contributed by atoms with Crippen LogP contribution in [-0.2, 0) is 11.2 Å². The Morgan fingerprint density at radius 1 is 1.18 bits per heavy atom. The standard InChI is InChI=1S/C20H25Cl2N5O/c1-3-23-20(24-10-8-15-5-7-18(22)26-13-15)25-11-9-19(28)27-17-6-4-14(2)12-16(17)21/h4-7,12-13H,3,8-11H2,1-2H3,(H,27,28)(H2,23,24,25). The molecular formula is C20H25Cl2N5O. The highest BCUT2D eigenvalue weighted by Gasteiger charge is 2.06. The van der Waals surface area contributed by atoms with Crippen LogP contribution in [0.4, 0.5) is 5.69 Å². The third-order valence-electron chi connectivity index (χ3n) is 3.85. The number of pyridine rings is 1. The van der Waals surface area contributed by atoms with E-state index in [0.717, 1.165) is 24.1 Å². The lowest BCUT2D eigenvalue weighted by Crippen LogP contribution is -2.38. The maximum Gasteiger partial charge on any atom is 0.226 e. The molecule has 0 radical (unpaired) electrons. The molecule has 0 atom stereocenters. The van der Waals surface area contributed by atoms with Gasteiger partial charge in [-0.1, -0.05) is 35.3 Å². The van der Waals surface area contributed by atoms with Crippen LogP contribution in [0, 0.1) is 6.92 Å². The zero-order chi connectivity index (χ0) is 20.4. The van der Waals surface area contributed by atoms with E-state index >= 15 is 0 Å². The van der Waals surface area contributed by atoms with E-state index in [-0.39, 0.29) is 12.3 Å². The fourth-order valence-corrected chi connectivity index (χ4v) is 2.82. The zero-order valence-electron chi connectivity index (χ0n) is 16.1. The van der Waals surface area contributed by atoms with Crippen molar-refractivity contribution in [3.05, 3.63) is 57.8 Å². The molecule has 0 aliphatic carbocycles. The Morgan fingerprint density at radius 2 is 2.00 bits per heavy atom. The molecule has 0 saturated heterocycles. The molecule has 0 bridgehead atoms. The summed E-state index contributed by atoms with van der Waals surface area (Å²) in [6.45, 7) is 5.74. The Balaban J connectivity index is 1.79. The molecular weight excluding hydrogens is 397 g/mol. The summed E-state index contributed by atoms with van der Waals surface area (Å²) in [5.74, 6) is 0.545. The summed E-state index contributed by atoms with van der Waals surface area (Å²) in [7, 11) is 0. The fourth-order valence-electron chi connectivity index (χ4n) is 2.42. The average molecular weight is 422 g/mol. The summed E-state index contributed by atoms with van der Waals surface area (Å²) in [4.78, 5) is 20.6. The van der Waals surface area contributed by atoms with Crippen LogP contribution in [0.1, 0.15) is 24.5 Å². The van der Waals surface area contributed by atoms with Crippen LogP contribution in [-0.4, -0.2) is 36.5 Å². The number of nitrogens with one attached hydrogen (secondary N) is 3. The van der Waals surface area contributed by atoms with Gasteiger partial charge in [0, 0.05) is 25.7 Å². The summed E-state index contributed by atoms with van der Waals surface area (Å²) >= 11 is 11.9. The molecule has 0 aliphatic heterocycles. The van der Waals surface area contributed by atoms with Gasteiger partial charge in [-0.05, 0) is 49.6 Å². The lowest BCUT2D eigenvalue weighted by atomic mass is 10.2. The van der Waals surface area contributed by atoms with Crippen LogP contribution in [0.5, 0.6) is 0 Å². The zero-order valence-corrected chi connectivity index (χ0v) is 17.6. The number of rotatable bonds is 8. The first kappa shape index (κ1) is 22.0. The molecule has 0 unspecified atom stereocenters. The van der Waals surface area contributed by atoms with Crippen molar-refractivity contribution in [3.63, 3.8) is 0 Å². The first-order chi connectivity index (χ1) is 13.5. The van der Waals surface area contributed by atoms with Gasteiger partial charge in [0.1, 0.15) is 5.15 Å². The van der Waals surface area contributed by atoms with Crippen molar-refractivity contribution in [2.45, 2.75) is 26.7 Å². The minimum Gasteiger partial charge on any atom is -0.357 e. The van der Waals surface area contributed by atoms with Crippen molar-refractivity contribution in [2.75, 3.05) is 25.0 Å². The smallest absolute Gasteiger partial charge is 0.226 e. The highest BCUT2D eigenvalue weighted by Crippen LogP contribution is 2.22. The van der Waals surface area contributed by atoms with Crippen LogP contribution in [0.2, 0.25) is 10.2 Å². The normalized spacial score (nSPS) is 11.2. The van der Waals surface area contributed by atoms with E-state index in [4.69, 9.17) is 23.2 Å². The first-order valence-electron chi connectivity index (χ1n) is 9.16. The predicted molar refractivity (Wildman–Crippen MR) is 116 cm³/mol. The summed E-state index contributed by atoms with van der Waals surface area (Å²) in [5, 5.41) is 10.2. The molecule has 2 aromatic rings. The third-order valence-corrected chi connectivity index (χ3v) is 4.38. The van der Waals surface area contributed by atoms with E-state index in [1.165, 1.54) is 0 Å². The second kappa shape index (κ2) is 11.5. The Morgan fingerprint density at radius 3 is 2.68 bits per heavy atom. The number of anilines is 1. The molecule has 1 aromatic carbocycles. The quantitative estimate of drug-likeness (QED) is 0.343. The van der Waals surface area contributed by atoms with E-state index in [0.29, 0.717) is 34.9 Å². The Kier molecular flexibility index (Phi) is 9.04. The SMILES string of the molecule is CCNC(=NCCC(=O)Nc1ccc(C)cc1Cl)NCCc1ccc(Cl)nc1. The maximum atomic E-state index is 12.1. The van der Waals surface area contributed by atoms with Crippen molar-refractivity contribution in [2.24, 2.45) is 4.99 Å². The van der Waals surface area contributed by atoms with Gasteiger partial charge in [0.2, 0.25) is 5.91 Å². The van der Waals surface area contributed by atoms with Gasteiger partial charge in [-0.2, -0.15) is 0 Å². The number of hydrogen-bond donors (Lipinski definition) is 3. The number of hydrogen-bond acceptors (Lipinski definition) is 3. The number of guanidine groups is 1. The van der Waals surface area contributed by atoms with Crippen molar-refractivity contribution in [1.29, 1.82) is 0 Å². The molecule has 28 heavy (non-hydrogen) atoms. The van der Waals surface area contributed by atoms with Gasteiger partial charge >= 0.3 is 0 Å². The van der Waals surface area contributed by atoms with Crippen molar-refractivity contribution in [3.8, 4) is 0 Å². The number of carbonyl (C=O) groups is 1. The van der Waals surface area contributed by atoms with E-state index < -0.39 is 0 Å². The minimum absolute atomic E-state index is 0.127. The molecule has 1 heterocycles. The van der Waals surface area contributed by atoms with E-state index in [2.05, 4.69) is 25.9 Å². The van der Waals surface area contributed by atoms with Gasteiger partial charge in [0.25, 0.3) is 0 Å².